The Bertz CT molecular complexity index is 843. The molecule has 0 radical (unpaired) electrons. The molecule has 1 aliphatic heterocycles. The number of nitrogens with zero attached hydrogens (tertiary/aromatic N) is 1. The summed E-state index contributed by atoms with van der Waals surface area (Å²) in [6.45, 7) is 2.74. The minimum Gasteiger partial charge on any atom is -0.496 e. The van der Waals surface area contributed by atoms with E-state index in [0.29, 0.717) is 23.8 Å². The van der Waals surface area contributed by atoms with E-state index in [2.05, 4.69) is 12.2 Å². The van der Waals surface area contributed by atoms with Gasteiger partial charge in [-0.2, -0.15) is 0 Å². The van der Waals surface area contributed by atoms with Crippen LogP contribution in [0.2, 0.25) is 0 Å². The lowest BCUT2D eigenvalue weighted by molar-refractivity contribution is 0.213. The van der Waals surface area contributed by atoms with Gasteiger partial charge in [-0.05, 0) is 24.1 Å². The van der Waals surface area contributed by atoms with E-state index >= 15 is 0 Å². The van der Waals surface area contributed by atoms with Crippen molar-refractivity contribution in [3.05, 3.63) is 47.5 Å². The van der Waals surface area contributed by atoms with Gasteiger partial charge in [0.05, 0.1) is 21.3 Å². The standard InChI is InChI=1S/C21H26N2O4S/c1-5-14-8-6-7-9-16(14)22-21(24)23-10-11-28-20(23)15-12-18(26-3)19(27-4)13-17(15)25-2/h6-9,12-13,20H,5,10-11H2,1-4H3,(H,22,24). The number of amides is 2. The number of rotatable bonds is 6. The number of thioether (sulfide) groups is 1. The Hall–Kier alpha value is -2.54. The lowest BCUT2D eigenvalue weighted by Crippen LogP contribution is -2.34. The third kappa shape index (κ3) is 3.99. The quantitative estimate of drug-likeness (QED) is 0.768. The maximum Gasteiger partial charge on any atom is 0.323 e. The smallest absolute Gasteiger partial charge is 0.323 e. The van der Waals surface area contributed by atoms with Crippen molar-refractivity contribution >= 4 is 23.5 Å². The molecule has 6 nitrogen and oxygen atoms in total. The van der Waals surface area contributed by atoms with Crippen LogP contribution < -0.4 is 19.5 Å². The number of nitrogens with one attached hydrogen (secondary N) is 1. The minimum atomic E-state index is -0.163. The molecule has 0 aliphatic carbocycles. The van der Waals surface area contributed by atoms with Crippen molar-refractivity contribution in [1.29, 1.82) is 0 Å². The predicted octanol–water partition coefficient (Wildman–Crippen LogP) is 4.55. The van der Waals surface area contributed by atoms with Gasteiger partial charge in [0.25, 0.3) is 0 Å². The SMILES string of the molecule is CCc1ccccc1NC(=O)N1CCSC1c1cc(OC)c(OC)cc1OC. The molecule has 0 bridgehead atoms. The predicted molar refractivity (Wildman–Crippen MR) is 113 cm³/mol. The minimum absolute atomic E-state index is 0.118. The van der Waals surface area contributed by atoms with Crippen molar-refractivity contribution in [2.24, 2.45) is 0 Å². The second kappa shape index (κ2) is 9.10. The maximum absolute atomic E-state index is 13.0. The van der Waals surface area contributed by atoms with Crippen LogP contribution >= 0.6 is 11.8 Å². The van der Waals surface area contributed by atoms with Crippen LogP contribution in [0.3, 0.4) is 0 Å². The first kappa shape index (κ1) is 20.2. The topological polar surface area (TPSA) is 60.0 Å². The number of carbonyl (C=O) groups is 1. The second-order valence-electron chi connectivity index (χ2n) is 6.31. The lowest BCUT2D eigenvalue weighted by atomic mass is 10.1. The fourth-order valence-corrected chi connectivity index (χ4v) is 4.59. The van der Waals surface area contributed by atoms with Crippen LogP contribution in [0, 0.1) is 0 Å². The molecule has 1 N–H and O–H groups in total. The molecule has 2 aromatic carbocycles. The summed E-state index contributed by atoms with van der Waals surface area (Å²) in [6, 6.07) is 11.5. The van der Waals surface area contributed by atoms with Crippen LogP contribution in [0.4, 0.5) is 10.5 Å². The van der Waals surface area contributed by atoms with Crippen LogP contribution in [0.15, 0.2) is 36.4 Å². The largest absolute Gasteiger partial charge is 0.496 e. The first-order valence-corrected chi connectivity index (χ1v) is 10.2. The van der Waals surface area contributed by atoms with E-state index in [4.69, 9.17) is 14.2 Å². The molecule has 0 saturated carbocycles. The molecule has 1 atom stereocenters. The molecule has 1 heterocycles. The van der Waals surface area contributed by atoms with Gasteiger partial charge >= 0.3 is 6.03 Å². The molecule has 2 amide bonds. The highest BCUT2D eigenvalue weighted by atomic mass is 32.2. The zero-order chi connectivity index (χ0) is 20.1. The van der Waals surface area contributed by atoms with Crippen molar-refractivity contribution in [3.63, 3.8) is 0 Å². The monoisotopic (exact) mass is 402 g/mol. The third-order valence-electron chi connectivity index (χ3n) is 4.79. The molecule has 0 spiro atoms. The number of urea groups is 1. The Balaban J connectivity index is 1.89. The molecule has 1 saturated heterocycles. The molecule has 28 heavy (non-hydrogen) atoms. The molecule has 7 heteroatoms. The summed E-state index contributed by atoms with van der Waals surface area (Å²) in [5, 5.41) is 2.91. The first-order valence-electron chi connectivity index (χ1n) is 9.20. The fourth-order valence-electron chi connectivity index (χ4n) is 3.32. The number of aryl methyl sites for hydroxylation is 1. The van der Waals surface area contributed by atoms with E-state index in [-0.39, 0.29) is 11.4 Å². The average Bonchev–Trinajstić information content (AvgIpc) is 3.22. The Morgan fingerprint density at radius 1 is 1.11 bits per heavy atom. The lowest BCUT2D eigenvalue weighted by Gasteiger charge is -2.26. The summed E-state index contributed by atoms with van der Waals surface area (Å²) >= 11 is 1.70. The second-order valence-corrected chi connectivity index (χ2v) is 7.49. The first-order chi connectivity index (χ1) is 13.6. The van der Waals surface area contributed by atoms with Crippen LogP contribution in [-0.2, 0) is 6.42 Å². The number of hydrogen-bond acceptors (Lipinski definition) is 5. The van der Waals surface area contributed by atoms with E-state index in [1.165, 1.54) is 0 Å². The molecular weight excluding hydrogens is 376 g/mol. The summed E-state index contributed by atoms with van der Waals surface area (Å²) in [4.78, 5) is 14.9. The van der Waals surface area contributed by atoms with E-state index in [1.54, 1.807) is 39.2 Å². The third-order valence-corrected chi connectivity index (χ3v) is 6.04. The number of carbonyl (C=O) groups excluding carboxylic acids is 1. The molecule has 1 fully saturated rings. The Labute approximate surface area is 170 Å². The van der Waals surface area contributed by atoms with Gasteiger partial charge < -0.3 is 24.4 Å². The number of ether oxygens (including phenoxy) is 3. The summed E-state index contributed by atoms with van der Waals surface area (Å²) in [7, 11) is 4.81. The Kier molecular flexibility index (Phi) is 6.57. The summed E-state index contributed by atoms with van der Waals surface area (Å²) in [5.41, 5.74) is 2.86. The van der Waals surface area contributed by atoms with Crippen LogP contribution in [0.1, 0.15) is 23.4 Å². The van der Waals surface area contributed by atoms with Crippen molar-refractivity contribution in [3.8, 4) is 17.2 Å². The molecule has 3 rings (SSSR count). The van der Waals surface area contributed by atoms with E-state index < -0.39 is 0 Å². The average molecular weight is 403 g/mol. The fraction of sp³-hybridized carbons (Fsp3) is 0.381. The van der Waals surface area contributed by atoms with Gasteiger partial charge in [-0.1, -0.05) is 25.1 Å². The summed E-state index contributed by atoms with van der Waals surface area (Å²) in [5.74, 6) is 2.73. The number of hydrogen-bond donors (Lipinski definition) is 1. The van der Waals surface area contributed by atoms with Crippen LogP contribution in [-0.4, -0.2) is 44.6 Å². The van der Waals surface area contributed by atoms with Crippen molar-refractivity contribution in [2.45, 2.75) is 18.7 Å². The van der Waals surface area contributed by atoms with Gasteiger partial charge in [0.15, 0.2) is 11.5 Å². The summed E-state index contributed by atoms with van der Waals surface area (Å²) in [6.07, 6.45) is 0.859. The number of methoxy groups -OCH3 is 3. The maximum atomic E-state index is 13.0. The number of para-hydroxylation sites is 1. The van der Waals surface area contributed by atoms with Gasteiger partial charge in [0.1, 0.15) is 11.1 Å². The zero-order valence-corrected chi connectivity index (χ0v) is 17.5. The van der Waals surface area contributed by atoms with Crippen molar-refractivity contribution in [1.82, 2.24) is 4.90 Å². The van der Waals surface area contributed by atoms with E-state index in [9.17, 15) is 4.79 Å². The van der Waals surface area contributed by atoms with Crippen molar-refractivity contribution < 1.29 is 19.0 Å². The normalized spacial score (nSPS) is 16.0. The molecule has 1 unspecified atom stereocenters. The van der Waals surface area contributed by atoms with E-state index in [0.717, 1.165) is 29.0 Å². The van der Waals surface area contributed by atoms with Gasteiger partial charge in [-0.25, -0.2) is 4.79 Å². The highest BCUT2D eigenvalue weighted by Crippen LogP contribution is 2.46. The molecule has 150 valence electrons. The molecular formula is C21H26N2O4S. The highest BCUT2D eigenvalue weighted by Gasteiger charge is 2.34. The van der Waals surface area contributed by atoms with Gasteiger partial charge in [0.2, 0.25) is 0 Å². The van der Waals surface area contributed by atoms with Gasteiger partial charge in [-0.15, -0.1) is 11.8 Å². The van der Waals surface area contributed by atoms with E-state index in [1.807, 2.05) is 35.2 Å². The molecule has 0 aromatic heterocycles. The van der Waals surface area contributed by atoms with Crippen LogP contribution in [0.25, 0.3) is 0 Å². The zero-order valence-electron chi connectivity index (χ0n) is 16.7. The van der Waals surface area contributed by atoms with Gasteiger partial charge in [-0.3, -0.25) is 0 Å². The molecule has 1 aliphatic rings. The van der Waals surface area contributed by atoms with Gasteiger partial charge in [0, 0.05) is 29.6 Å². The summed E-state index contributed by atoms with van der Waals surface area (Å²) < 4.78 is 16.4. The number of anilines is 1. The Morgan fingerprint density at radius 2 is 1.79 bits per heavy atom. The highest BCUT2D eigenvalue weighted by molar-refractivity contribution is 7.99. The van der Waals surface area contributed by atoms with Crippen molar-refractivity contribution in [2.75, 3.05) is 38.9 Å². The Morgan fingerprint density at radius 3 is 2.46 bits per heavy atom. The number of benzene rings is 2. The molecule has 2 aromatic rings. The van der Waals surface area contributed by atoms with Crippen LogP contribution in [0.5, 0.6) is 17.2 Å².